The highest BCUT2D eigenvalue weighted by atomic mass is 16.4. The fraction of sp³-hybridized carbons (Fsp3) is 0.857. The molecule has 18 heavy (non-hydrogen) atoms. The van der Waals surface area contributed by atoms with Gasteiger partial charge in [0.15, 0.2) is 0 Å². The minimum Gasteiger partial charge on any atom is -0.481 e. The van der Waals surface area contributed by atoms with Gasteiger partial charge in [0, 0.05) is 12.0 Å². The molecule has 0 heterocycles. The summed E-state index contributed by atoms with van der Waals surface area (Å²) < 4.78 is 0. The smallest absolute Gasteiger partial charge is 0.306 e. The molecule has 0 spiro atoms. The standard InChI is InChI=1S/C14H23NO3/c16-13(10-5-2-1-3-6-10)15-12-8-4-7-11(9-12)14(17)18/h10-12H,1-9H2,(H,15,16)(H,17,18). The zero-order valence-electron chi connectivity index (χ0n) is 10.9. The molecule has 0 aromatic heterocycles. The predicted molar refractivity (Wildman–Crippen MR) is 68.1 cm³/mol. The number of carboxylic acids is 1. The minimum atomic E-state index is -0.716. The molecule has 2 rings (SSSR count). The first kappa shape index (κ1) is 13.4. The van der Waals surface area contributed by atoms with Crippen LogP contribution >= 0.6 is 0 Å². The molecule has 0 aromatic carbocycles. The van der Waals surface area contributed by atoms with Gasteiger partial charge in [-0.3, -0.25) is 9.59 Å². The average molecular weight is 253 g/mol. The third kappa shape index (κ3) is 3.47. The largest absolute Gasteiger partial charge is 0.481 e. The monoisotopic (exact) mass is 253 g/mol. The first-order valence-electron chi connectivity index (χ1n) is 7.20. The second-order valence-corrected chi connectivity index (χ2v) is 5.74. The molecule has 0 saturated heterocycles. The first-order valence-corrected chi connectivity index (χ1v) is 7.20. The van der Waals surface area contributed by atoms with Gasteiger partial charge < -0.3 is 10.4 Å². The molecule has 4 nitrogen and oxygen atoms in total. The van der Waals surface area contributed by atoms with E-state index in [4.69, 9.17) is 5.11 Å². The summed E-state index contributed by atoms with van der Waals surface area (Å²) in [4.78, 5) is 23.1. The van der Waals surface area contributed by atoms with E-state index in [2.05, 4.69) is 5.32 Å². The summed E-state index contributed by atoms with van der Waals surface area (Å²) in [6.07, 6.45) is 8.75. The molecule has 2 unspecified atom stereocenters. The number of amides is 1. The van der Waals surface area contributed by atoms with E-state index >= 15 is 0 Å². The number of carbonyl (C=O) groups excluding carboxylic acids is 1. The van der Waals surface area contributed by atoms with Gasteiger partial charge in [-0.1, -0.05) is 25.7 Å². The van der Waals surface area contributed by atoms with Crippen LogP contribution < -0.4 is 5.32 Å². The molecule has 2 atom stereocenters. The van der Waals surface area contributed by atoms with Crippen LogP contribution in [0, 0.1) is 11.8 Å². The molecule has 102 valence electrons. The molecule has 0 bridgehead atoms. The van der Waals surface area contributed by atoms with E-state index in [-0.39, 0.29) is 23.8 Å². The Labute approximate surface area is 108 Å². The molecular weight excluding hydrogens is 230 g/mol. The molecule has 0 aliphatic heterocycles. The van der Waals surface area contributed by atoms with E-state index in [1.54, 1.807) is 0 Å². The fourth-order valence-electron chi connectivity index (χ4n) is 3.23. The number of rotatable bonds is 3. The van der Waals surface area contributed by atoms with Crippen molar-refractivity contribution in [3.8, 4) is 0 Å². The van der Waals surface area contributed by atoms with Crippen LogP contribution in [0.3, 0.4) is 0 Å². The molecule has 2 fully saturated rings. The Balaban J connectivity index is 1.81. The number of carbonyl (C=O) groups is 2. The van der Waals surface area contributed by atoms with Crippen molar-refractivity contribution in [2.45, 2.75) is 63.8 Å². The lowest BCUT2D eigenvalue weighted by Crippen LogP contribution is -2.43. The lowest BCUT2D eigenvalue weighted by atomic mass is 9.84. The molecule has 2 aliphatic carbocycles. The van der Waals surface area contributed by atoms with Crippen molar-refractivity contribution >= 4 is 11.9 Å². The Bertz CT molecular complexity index is 310. The maximum absolute atomic E-state index is 12.1. The average Bonchev–Trinajstić information content (AvgIpc) is 2.40. The van der Waals surface area contributed by atoms with Crippen molar-refractivity contribution in [2.24, 2.45) is 11.8 Å². The van der Waals surface area contributed by atoms with Crippen LogP contribution in [-0.2, 0) is 9.59 Å². The SMILES string of the molecule is O=C(O)C1CCCC(NC(=O)C2CCCCC2)C1. The summed E-state index contributed by atoms with van der Waals surface area (Å²) in [5, 5.41) is 12.1. The second kappa shape index (κ2) is 6.21. The van der Waals surface area contributed by atoms with E-state index in [0.29, 0.717) is 6.42 Å². The maximum atomic E-state index is 12.1. The Morgan fingerprint density at radius 1 is 0.889 bits per heavy atom. The highest BCUT2D eigenvalue weighted by Gasteiger charge is 2.29. The quantitative estimate of drug-likeness (QED) is 0.811. The number of hydrogen-bond donors (Lipinski definition) is 2. The van der Waals surface area contributed by atoms with Crippen LogP contribution in [0.25, 0.3) is 0 Å². The molecule has 1 amide bonds. The minimum absolute atomic E-state index is 0.0780. The molecule has 2 N–H and O–H groups in total. The van der Waals surface area contributed by atoms with Crippen molar-refractivity contribution < 1.29 is 14.7 Å². The summed E-state index contributed by atoms with van der Waals surface area (Å²) in [7, 11) is 0. The molecule has 0 radical (unpaired) electrons. The van der Waals surface area contributed by atoms with E-state index < -0.39 is 5.97 Å². The normalized spacial score (nSPS) is 29.8. The number of nitrogens with one attached hydrogen (secondary N) is 1. The van der Waals surface area contributed by atoms with Crippen LogP contribution in [0.15, 0.2) is 0 Å². The Kier molecular flexibility index (Phi) is 4.61. The third-order valence-corrected chi connectivity index (χ3v) is 4.35. The van der Waals surface area contributed by atoms with Gasteiger partial charge in [-0.2, -0.15) is 0 Å². The lowest BCUT2D eigenvalue weighted by Gasteiger charge is -2.29. The van der Waals surface area contributed by atoms with Crippen LogP contribution in [-0.4, -0.2) is 23.0 Å². The van der Waals surface area contributed by atoms with E-state index in [0.717, 1.165) is 44.9 Å². The van der Waals surface area contributed by atoms with Gasteiger partial charge in [0.05, 0.1) is 5.92 Å². The van der Waals surface area contributed by atoms with Gasteiger partial charge in [0.25, 0.3) is 0 Å². The fourth-order valence-corrected chi connectivity index (χ4v) is 3.23. The van der Waals surface area contributed by atoms with Crippen LogP contribution in [0.2, 0.25) is 0 Å². The zero-order valence-corrected chi connectivity index (χ0v) is 10.9. The third-order valence-electron chi connectivity index (χ3n) is 4.35. The number of aliphatic carboxylic acids is 1. The first-order chi connectivity index (χ1) is 8.66. The van der Waals surface area contributed by atoms with E-state index in [9.17, 15) is 9.59 Å². The molecule has 4 heteroatoms. The summed E-state index contributed by atoms with van der Waals surface area (Å²) >= 11 is 0. The van der Waals surface area contributed by atoms with Crippen molar-refractivity contribution in [2.75, 3.05) is 0 Å². The van der Waals surface area contributed by atoms with Crippen LogP contribution in [0.1, 0.15) is 57.8 Å². The molecule has 2 saturated carbocycles. The number of carboxylic acid groups (broad SMARTS) is 1. The summed E-state index contributed by atoms with van der Waals surface area (Å²) in [5.74, 6) is -0.656. The van der Waals surface area contributed by atoms with Crippen molar-refractivity contribution in [3.05, 3.63) is 0 Å². The second-order valence-electron chi connectivity index (χ2n) is 5.74. The van der Waals surface area contributed by atoms with Crippen LogP contribution in [0.4, 0.5) is 0 Å². The van der Waals surface area contributed by atoms with Crippen molar-refractivity contribution in [1.29, 1.82) is 0 Å². The lowest BCUT2D eigenvalue weighted by molar-refractivity contribution is -0.143. The van der Waals surface area contributed by atoms with E-state index in [1.807, 2.05) is 0 Å². The molecule has 0 aromatic rings. The maximum Gasteiger partial charge on any atom is 0.306 e. The zero-order chi connectivity index (χ0) is 13.0. The van der Waals surface area contributed by atoms with Gasteiger partial charge in [-0.15, -0.1) is 0 Å². The summed E-state index contributed by atoms with van der Waals surface area (Å²) in [6, 6.07) is 0.0780. The summed E-state index contributed by atoms with van der Waals surface area (Å²) in [5.41, 5.74) is 0. The van der Waals surface area contributed by atoms with Gasteiger partial charge in [-0.05, 0) is 32.1 Å². The molecular formula is C14H23NO3. The topological polar surface area (TPSA) is 66.4 Å². The highest BCUT2D eigenvalue weighted by molar-refractivity contribution is 5.79. The van der Waals surface area contributed by atoms with Crippen molar-refractivity contribution in [3.63, 3.8) is 0 Å². The molecule has 2 aliphatic rings. The van der Waals surface area contributed by atoms with Crippen LogP contribution in [0.5, 0.6) is 0 Å². The van der Waals surface area contributed by atoms with Gasteiger partial charge in [0.1, 0.15) is 0 Å². The van der Waals surface area contributed by atoms with Gasteiger partial charge in [0.2, 0.25) is 5.91 Å². The Morgan fingerprint density at radius 2 is 1.56 bits per heavy atom. The Hall–Kier alpha value is -1.06. The Morgan fingerprint density at radius 3 is 2.22 bits per heavy atom. The van der Waals surface area contributed by atoms with Gasteiger partial charge in [-0.25, -0.2) is 0 Å². The van der Waals surface area contributed by atoms with Crippen molar-refractivity contribution in [1.82, 2.24) is 5.32 Å². The predicted octanol–water partition coefficient (Wildman–Crippen LogP) is 2.33. The summed E-state index contributed by atoms with van der Waals surface area (Å²) in [6.45, 7) is 0. The number of hydrogen-bond acceptors (Lipinski definition) is 2. The van der Waals surface area contributed by atoms with E-state index in [1.165, 1.54) is 6.42 Å². The highest BCUT2D eigenvalue weighted by Crippen LogP contribution is 2.27. The van der Waals surface area contributed by atoms with Gasteiger partial charge >= 0.3 is 5.97 Å².